The summed E-state index contributed by atoms with van der Waals surface area (Å²) in [5.74, 6) is 1.19. The van der Waals surface area contributed by atoms with Gasteiger partial charge in [-0.3, -0.25) is 4.98 Å². The smallest absolute Gasteiger partial charge is 0.193 e. The predicted molar refractivity (Wildman–Crippen MR) is 116 cm³/mol. The number of halogens is 1. The van der Waals surface area contributed by atoms with Gasteiger partial charge in [-0.05, 0) is 42.0 Å². The number of nitrogens with two attached hydrogens (primary N) is 1. The summed E-state index contributed by atoms with van der Waals surface area (Å²) in [6.07, 6.45) is 1.76. The van der Waals surface area contributed by atoms with Gasteiger partial charge in [0.1, 0.15) is 12.4 Å². The van der Waals surface area contributed by atoms with Gasteiger partial charge in [0.15, 0.2) is 5.96 Å². The number of aromatic nitrogens is 1. The van der Waals surface area contributed by atoms with E-state index in [-0.39, 0.29) is 24.0 Å². The first kappa shape index (κ1) is 19.7. The van der Waals surface area contributed by atoms with Crippen LogP contribution in [0.2, 0.25) is 0 Å². The summed E-state index contributed by atoms with van der Waals surface area (Å²) in [7, 11) is 0. The minimum Gasteiger partial charge on any atom is -0.487 e. The highest BCUT2D eigenvalue weighted by Gasteiger charge is 1.98. The third kappa shape index (κ3) is 6.36. The van der Waals surface area contributed by atoms with Crippen molar-refractivity contribution in [2.75, 3.05) is 5.32 Å². The van der Waals surface area contributed by atoms with Gasteiger partial charge in [0.05, 0.1) is 12.2 Å². The molecular formula is C20H21IN4O. The molecule has 3 aromatic rings. The number of hydrogen-bond donors (Lipinski definition) is 2. The zero-order chi connectivity index (χ0) is 17.3. The summed E-state index contributed by atoms with van der Waals surface area (Å²) in [6.45, 7) is 0.957. The predicted octanol–water partition coefficient (Wildman–Crippen LogP) is 4.21. The fraction of sp³-hybridized carbons (Fsp3) is 0.100. The number of pyridine rings is 1. The van der Waals surface area contributed by atoms with Gasteiger partial charge in [0.2, 0.25) is 0 Å². The molecule has 0 bridgehead atoms. The first-order valence-electron chi connectivity index (χ1n) is 8.03. The van der Waals surface area contributed by atoms with Gasteiger partial charge >= 0.3 is 0 Å². The number of ether oxygens (including phenoxy) is 1. The molecular weight excluding hydrogens is 439 g/mol. The van der Waals surface area contributed by atoms with Crippen molar-refractivity contribution in [3.05, 3.63) is 90.3 Å². The topological polar surface area (TPSA) is 72.5 Å². The van der Waals surface area contributed by atoms with E-state index in [4.69, 9.17) is 10.5 Å². The van der Waals surface area contributed by atoms with Gasteiger partial charge in [0.25, 0.3) is 0 Å². The lowest BCUT2D eigenvalue weighted by Crippen LogP contribution is -2.22. The van der Waals surface area contributed by atoms with Crippen LogP contribution in [-0.2, 0) is 13.2 Å². The summed E-state index contributed by atoms with van der Waals surface area (Å²) in [5, 5.41) is 3.06. The van der Waals surface area contributed by atoms with Crippen molar-refractivity contribution in [3.8, 4) is 5.75 Å². The summed E-state index contributed by atoms with van der Waals surface area (Å²) >= 11 is 0. The van der Waals surface area contributed by atoms with E-state index in [0.717, 1.165) is 22.7 Å². The average Bonchev–Trinajstić information content (AvgIpc) is 2.67. The Morgan fingerprint density at radius 1 is 0.962 bits per heavy atom. The maximum absolute atomic E-state index is 5.90. The van der Waals surface area contributed by atoms with Gasteiger partial charge in [-0.2, -0.15) is 0 Å². The van der Waals surface area contributed by atoms with Crippen LogP contribution in [-0.4, -0.2) is 10.9 Å². The molecule has 0 aliphatic heterocycles. The molecule has 6 heteroatoms. The highest BCUT2D eigenvalue weighted by Crippen LogP contribution is 2.14. The van der Waals surface area contributed by atoms with Crippen LogP contribution in [0.3, 0.4) is 0 Å². The average molecular weight is 460 g/mol. The number of nitrogens with zero attached hydrogens (tertiary/aromatic N) is 2. The van der Waals surface area contributed by atoms with Gasteiger partial charge in [0, 0.05) is 11.9 Å². The van der Waals surface area contributed by atoms with Crippen LogP contribution in [0.4, 0.5) is 5.69 Å². The van der Waals surface area contributed by atoms with Crippen molar-refractivity contribution in [1.82, 2.24) is 4.98 Å². The van der Waals surface area contributed by atoms with Crippen molar-refractivity contribution in [2.24, 2.45) is 10.7 Å². The minimum atomic E-state index is 0. The van der Waals surface area contributed by atoms with E-state index >= 15 is 0 Å². The molecule has 3 rings (SSSR count). The Morgan fingerprint density at radius 3 is 2.38 bits per heavy atom. The molecule has 0 aliphatic rings. The van der Waals surface area contributed by atoms with Crippen LogP contribution in [0, 0.1) is 0 Å². The highest BCUT2D eigenvalue weighted by molar-refractivity contribution is 14.0. The molecule has 0 atom stereocenters. The van der Waals surface area contributed by atoms with Crippen LogP contribution in [0.5, 0.6) is 5.75 Å². The molecule has 0 fully saturated rings. The van der Waals surface area contributed by atoms with E-state index in [0.29, 0.717) is 19.1 Å². The van der Waals surface area contributed by atoms with Crippen molar-refractivity contribution in [2.45, 2.75) is 13.2 Å². The third-order valence-electron chi connectivity index (χ3n) is 3.51. The number of hydrogen-bond acceptors (Lipinski definition) is 3. The quantitative estimate of drug-likeness (QED) is 0.329. The fourth-order valence-electron chi connectivity index (χ4n) is 2.22. The second kappa shape index (κ2) is 10.4. The van der Waals surface area contributed by atoms with Gasteiger partial charge < -0.3 is 15.8 Å². The molecule has 2 aromatic carbocycles. The van der Waals surface area contributed by atoms with Gasteiger partial charge in [-0.15, -0.1) is 24.0 Å². The number of para-hydroxylation sites is 1. The largest absolute Gasteiger partial charge is 0.487 e. The van der Waals surface area contributed by atoms with E-state index in [2.05, 4.69) is 15.3 Å². The number of nitrogens with one attached hydrogen (secondary N) is 1. The van der Waals surface area contributed by atoms with Gasteiger partial charge in [-0.25, -0.2) is 4.99 Å². The summed E-state index contributed by atoms with van der Waals surface area (Å²) < 4.78 is 5.72. The van der Waals surface area contributed by atoms with Crippen LogP contribution in [0.15, 0.2) is 84.0 Å². The Labute approximate surface area is 170 Å². The normalized spacial score (nSPS) is 10.7. The highest BCUT2D eigenvalue weighted by atomic mass is 127. The Kier molecular flexibility index (Phi) is 7.88. The molecule has 0 radical (unpaired) electrons. The second-order valence-corrected chi connectivity index (χ2v) is 5.45. The van der Waals surface area contributed by atoms with Crippen LogP contribution in [0.25, 0.3) is 0 Å². The fourth-order valence-corrected chi connectivity index (χ4v) is 2.22. The maximum atomic E-state index is 5.90. The number of aliphatic imine (C=N–C) groups is 1. The molecule has 1 heterocycles. The molecule has 3 N–H and O–H groups in total. The molecule has 0 saturated carbocycles. The van der Waals surface area contributed by atoms with E-state index in [9.17, 15) is 0 Å². The first-order chi connectivity index (χ1) is 12.3. The minimum absolute atomic E-state index is 0. The van der Waals surface area contributed by atoms with E-state index in [1.54, 1.807) is 6.20 Å². The Morgan fingerprint density at radius 2 is 1.69 bits per heavy atom. The molecule has 134 valence electrons. The lowest BCUT2D eigenvalue weighted by atomic mass is 10.2. The van der Waals surface area contributed by atoms with Crippen LogP contribution < -0.4 is 15.8 Å². The lowest BCUT2D eigenvalue weighted by Gasteiger charge is -2.07. The monoisotopic (exact) mass is 460 g/mol. The van der Waals surface area contributed by atoms with E-state index in [1.807, 2.05) is 72.8 Å². The summed E-state index contributed by atoms with van der Waals surface area (Å²) in [4.78, 5) is 8.58. The lowest BCUT2D eigenvalue weighted by molar-refractivity contribution is 0.301. The van der Waals surface area contributed by atoms with Crippen molar-refractivity contribution in [1.29, 1.82) is 0 Å². The van der Waals surface area contributed by atoms with E-state index in [1.165, 1.54) is 0 Å². The summed E-state index contributed by atoms with van der Waals surface area (Å²) in [6, 6.07) is 23.3. The molecule has 0 spiro atoms. The molecule has 0 saturated heterocycles. The zero-order valence-electron chi connectivity index (χ0n) is 14.2. The first-order valence-corrected chi connectivity index (χ1v) is 8.03. The third-order valence-corrected chi connectivity index (χ3v) is 3.51. The van der Waals surface area contributed by atoms with Crippen molar-refractivity contribution >= 4 is 35.6 Å². The number of rotatable bonds is 6. The van der Waals surface area contributed by atoms with Crippen LogP contribution >= 0.6 is 24.0 Å². The molecule has 0 amide bonds. The standard InChI is InChI=1S/C20H20N4O.HI/c21-20(24-17-6-2-1-3-7-17)23-14-16-9-11-19(12-10-16)25-15-18-8-4-5-13-22-18;/h1-13H,14-15H2,(H3,21,23,24);1H. The number of guanidine groups is 1. The number of anilines is 1. The molecule has 0 aliphatic carbocycles. The maximum Gasteiger partial charge on any atom is 0.193 e. The Hall–Kier alpha value is -2.61. The number of benzene rings is 2. The molecule has 26 heavy (non-hydrogen) atoms. The molecule has 1 aromatic heterocycles. The molecule has 5 nitrogen and oxygen atoms in total. The molecule has 0 unspecified atom stereocenters. The Bertz CT molecular complexity index is 808. The van der Waals surface area contributed by atoms with Crippen molar-refractivity contribution in [3.63, 3.8) is 0 Å². The Balaban J connectivity index is 0.00000243. The van der Waals surface area contributed by atoms with Crippen molar-refractivity contribution < 1.29 is 4.74 Å². The summed E-state index contributed by atoms with van der Waals surface area (Å²) in [5.41, 5.74) is 8.78. The zero-order valence-corrected chi connectivity index (χ0v) is 16.5. The second-order valence-electron chi connectivity index (χ2n) is 5.45. The van der Waals surface area contributed by atoms with Gasteiger partial charge in [-0.1, -0.05) is 36.4 Å². The van der Waals surface area contributed by atoms with E-state index < -0.39 is 0 Å². The van der Waals surface area contributed by atoms with Crippen LogP contribution in [0.1, 0.15) is 11.3 Å². The SMILES string of the molecule is I.NC(=NCc1ccc(OCc2ccccn2)cc1)Nc1ccccc1.